The lowest BCUT2D eigenvalue weighted by Crippen LogP contribution is -2.26. The number of benzene rings is 1. The molecule has 0 aliphatic rings. The molecule has 1 atom stereocenters. The van der Waals surface area contributed by atoms with E-state index in [9.17, 15) is 0 Å². The lowest BCUT2D eigenvalue weighted by molar-refractivity contribution is 0.611. The molecule has 1 aromatic carbocycles. The van der Waals surface area contributed by atoms with Crippen LogP contribution < -0.4 is 5.73 Å². The molecule has 0 spiro atoms. The Bertz CT molecular complexity index is 548. The molecule has 0 fully saturated rings. The van der Waals surface area contributed by atoms with Gasteiger partial charge >= 0.3 is 0 Å². The van der Waals surface area contributed by atoms with Gasteiger partial charge in [0.1, 0.15) is 0 Å². The second-order valence-electron chi connectivity index (χ2n) is 4.86. The predicted octanol–water partition coefficient (Wildman–Crippen LogP) is 2.86. The molecule has 0 radical (unpaired) electrons. The van der Waals surface area contributed by atoms with Crippen molar-refractivity contribution in [1.29, 1.82) is 0 Å². The van der Waals surface area contributed by atoms with Crippen LogP contribution >= 0.6 is 15.9 Å². The van der Waals surface area contributed by atoms with Gasteiger partial charge in [0.05, 0.1) is 5.69 Å². The van der Waals surface area contributed by atoms with Gasteiger partial charge in [0.25, 0.3) is 0 Å². The molecule has 2 aromatic rings. The lowest BCUT2D eigenvalue weighted by Gasteiger charge is -2.12. The molecule has 2 rings (SSSR count). The van der Waals surface area contributed by atoms with Crippen molar-refractivity contribution in [3.63, 3.8) is 0 Å². The van der Waals surface area contributed by atoms with Gasteiger partial charge in [-0.25, -0.2) is 0 Å². The van der Waals surface area contributed by atoms with Crippen molar-refractivity contribution in [2.45, 2.75) is 32.2 Å². The minimum Gasteiger partial charge on any atom is -0.327 e. The minimum atomic E-state index is 0.110. The second kappa shape index (κ2) is 6.35. The maximum Gasteiger partial charge on any atom is 0.0624 e. The first-order valence-corrected chi connectivity index (χ1v) is 7.40. The number of aryl methyl sites for hydroxylation is 2. The zero-order valence-electron chi connectivity index (χ0n) is 11.4. The van der Waals surface area contributed by atoms with Gasteiger partial charge in [-0.05, 0) is 30.5 Å². The lowest BCUT2D eigenvalue weighted by atomic mass is 10.0. The van der Waals surface area contributed by atoms with E-state index in [0.717, 1.165) is 29.4 Å². The quantitative estimate of drug-likeness (QED) is 0.920. The van der Waals surface area contributed by atoms with E-state index in [0.29, 0.717) is 0 Å². The molecular formula is C15H20BrN3. The number of nitrogens with zero attached hydrogens (tertiary/aromatic N) is 2. The summed E-state index contributed by atoms with van der Waals surface area (Å²) < 4.78 is 3.07. The molecule has 0 aliphatic carbocycles. The van der Waals surface area contributed by atoms with Crippen LogP contribution in [0.1, 0.15) is 23.9 Å². The van der Waals surface area contributed by atoms with Gasteiger partial charge in [-0.15, -0.1) is 0 Å². The van der Waals surface area contributed by atoms with Crippen LogP contribution in [0.3, 0.4) is 0 Å². The molecule has 102 valence electrons. The molecule has 1 unspecified atom stereocenters. The second-order valence-corrected chi connectivity index (χ2v) is 5.72. The monoisotopic (exact) mass is 321 g/mol. The van der Waals surface area contributed by atoms with Crippen LogP contribution in [-0.2, 0) is 26.3 Å². The zero-order chi connectivity index (χ0) is 13.8. The topological polar surface area (TPSA) is 43.8 Å². The summed E-state index contributed by atoms with van der Waals surface area (Å²) in [6.07, 6.45) is 2.69. The van der Waals surface area contributed by atoms with Crippen LogP contribution in [0.5, 0.6) is 0 Å². The summed E-state index contributed by atoms with van der Waals surface area (Å²) in [6, 6.07) is 10.5. The van der Waals surface area contributed by atoms with E-state index in [1.54, 1.807) is 0 Å². The summed E-state index contributed by atoms with van der Waals surface area (Å²) in [6.45, 7) is 2.12. The van der Waals surface area contributed by atoms with Crippen LogP contribution in [0, 0.1) is 0 Å². The van der Waals surface area contributed by atoms with Crippen molar-refractivity contribution >= 4 is 15.9 Å². The minimum absolute atomic E-state index is 0.110. The first-order valence-electron chi connectivity index (χ1n) is 6.61. The predicted molar refractivity (Wildman–Crippen MR) is 82.1 cm³/mol. The number of nitrogens with two attached hydrogens (primary N) is 1. The van der Waals surface area contributed by atoms with E-state index < -0.39 is 0 Å². The molecule has 1 aromatic heterocycles. The molecule has 0 bridgehead atoms. The maximum absolute atomic E-state index is 6.26. The third-order valence-corrected chi connectivity index (χ3v) is 4.07. The third kappa shape index (κ3) is 3.67. The highest BCUT2D eigenvalue weighted by Gasteiger charge is 2.11. The van der Waals surface area contributed by atoms with Crippen LogP contribution in [0.25, 0.3) is 0 Å². The fraction of sp³-hybridized carbons (Fsp3) is 0.400. The molecule has 0 amide bonds. The van der Waals surface area contributed by atoms with Crippen LogP contribution in [0.15, 0.2) is 34.8 Å². The molecule has 1 heterocycles. The van der Waals surface area contributed by atoms with Gasteiger partial charge in [0.15, 0.2) is 0 Å². The first-order chi connectivity index (χ1) is 9.10. The normalized spacial score (nSPS) is 12.6. The fourth-order valence-corrected chi connectivity index (χ4v) is 2.67. The summed E-state index contributed by atoms with van der Waals surface area (Å²) in [4.78, 5) is 0. The standard InChI is InChI=1S/C15H20BrN3/c1-3-13-10-14(19(2)18-13)9-12(17)8-11-6-4-5-7-15(11)16/h4-7,10,12H,3,8-9,17H2,1-2H3. The molecular weight excluding hydrogens is 302 g/mol. The number of halogens is 1. The summed E-state index contributed by atoms with van der Waals surface area (Å²) in [7, 11) is 1.99. The Morgan fingerprint density at radius 3 is 2.68 bits per heavy atom. The average molecular weight is 322 g/mol. The van der Waals surface area contributed by atoms with Gasteiger partial charge in [-0.1, -0.05) is 41.1 Å². The number of rotatable bonds is 5. The molecule has 2 N–H and O–H groups in total. The first kappa shape index (κ1) is 14.3. The van der Waals surface area contributed by atoms with E-state index in [1.807, 2.05) is 23.9 Å². The number of hydrogen-bond donors (Lipinski definition) is 1. The molecule has 3 nitrogen and oxygen atoms in total. The Morgan fingerprint density at radius 1 is 1.32 bits per heavy atom. The summed E-state index contributed by atoms with van der Waals surface area (Å²) >= 11 is 3.57. The van der Waals surface area contributed by atoms with E-state index in [-0.39, 0.29) is 6.04 Å². The smallest absolute Gasteiger partial charge is 0.0624 e. The Balaban J connectivity index is 2.03. The number of hydrogen-bond acceptors (Lipinski definition) is 2. The largest absolute Gasteiger partial charge is 0.327 e. The van der Waals surface area contributed by atoms with Crippen LogP contribution in [0.4, 0.5) is 0 Å². The van der Waals surface area contributed by atoms with E-state index >= 15 is 0 Å². The third-order valence-electron chi connectivity index (χ3n) is 3.30. The molecule has 0 saturated heterocycles. The Labute approximate surface area is 122 Å². The summed E-state index contributed by atoms with van der Waals surface area (Å²) in [5.41, 5.74) is 9.86. The van der Waals surface area contributed by atoms with Gasteiger partial charge in [0.2, 0.25) is 0 Å². The van der Waals surface area contributed by atoms with E-state index in [2.05, 4.69) is 46.2 Å². The van der Waals surface area contributed by atoms with Crippen molar-refractivity contribution < 1.29 is 0 Å². The molecule has 19 heavy (non-hydrogen) atoms. The SMILES string of the molecule is CCc1cc(CC(N)Cc2ccccc2Br)n(C)n1. The van der Waals surface area contributed by atoms with Gasteiger partial charge in [-0.3, -0.25) is 4.68 Å². The van der Waals surface area contributed by atoms with Gasteiger partial charge in [0, 0.05) is 29.7 Å². The van der Waals surface area contributed by atoms with E-state index in [1.165, 1.54) is 11.3 Å². The van der Waals surface area contributed by atoms with Crippen molar-refractivity contribution in [1.82, 2.24) is 9.78 Å². The van der Waals surface area contributed by atoms with Crippen molar-refractivity contribution in [2.24, 2.45) is 12.8 Å². The number of aromatic nitrogens is 2. The summed E-state index contributed by atoms with van der Waals surface area (Å²) in [5.74, 6) is 0. The fourth-order valence-electron chi connectivity index (χ4n) is 2.22. The Kier molecular flexibility index (Phi) is 4.77. The summed E-state index contributed by atoms with van der Waals surface area (Å²) in [5, 5.41) is 4.46. The maximum atomic E-state index is 6.26. The molecule has 4 heteroatoms. The Hall–Kier alpha value is -1.13. The Morgan fingerprint density at radius 2 is 2.05 bits per heavy atom. The zero-order valence-corrected chi connectivity index (χ0v) is 13.0. The highest BCUT2D eigenvalue weighted by atomic mass is 79.9. The van der Waals surface area contributed by atoms with Crippen LogP contribution in [0.2, 0.25) is 0 Å². The molecule has 0 saturated carbocycles. The van der Waals surface area contributed by atoms with Gasteiger partial charge < -0.3 is 5.73 Å². The van der Waals surface area contributed by atoms with Crippen molar-refractivity contribution in [3.8, 4) is 0 Å². The molecule has 0 aliphatic heterocycles. The van der Waals surface area contributed by atoms with Crippen molar-refractivity contribution in [2.75, 3.05) is 0 Å². The highest BCUT2D eigenvalue weighted by molar-refractivity contribution is 9.10. The van der Waals surface area contributed by atoms with Crippen LogP contribution in [-0.4, -0.2) is 15.8 Å². The average Bonchev–Trinajstić information content (AvgIpc) is 2.73. The van der Waals surface area contributed by atoms with Gasteiger partial charge in [-0.2, -0.15) is 5.10 Å². The highest BCUT2D eigenvalue weighted by Crippen LogP contribution is 2.18. The van der Waals surface area contributed by atoms with E-state index in [4.69, 9.17) is 5.73 Å². The van der Waals surface area contributed by atoms with Crippen molar-refractivity contribution in [3.05, 3.63) is 51.8 Å².